The largest absolute Gasteiger partial charge is 0.374 e. The smallest absolute Gasteiger partial charge is 0.325 e. The van der Waals surface area contributed by atoms with Gasteiger partial charge < -0.3 is 15.4 Å². The molecule has 1 saturated carbocycles. The highest BCUT2D eigenvalue weighted by Gasteiger charge is 2.30. The molecule has 4 amide bonds. The summed E-state index contributed by atoms with van der Waals surface area (Å²) in [4.78, 5) is 36.0. The lowest BCUT2D eigenvalue weighted by molar-refractivity contribution is -0.128. The first-order chi connectivity index (χ1) is 12.5. The molecule has 0 aromatic heterocycles. The van der Waals surface area contributed by atoms with Crippen LogP contribution in [0.4, 0.5) is 10.5 Å². The lowest BCUT2D eigenvalue weighted by Gasteiger charge is -2.26. The zero-order chi connectivity index (χ0) is 18.5. The third-order valence-corrected chi connectivity index (χ3v) is 4.82. The average Bonchev–Trinajstić information content (AvgIpc) is 2.92. The second kappa shape index (κ2) is 8.31. The van der Waals surface area contributed by atoms with E-state index in [0.29, 0.717) is 24.3 Å². The van der Waals surface area contributed by atoms with Crippen molar-refractivity contribution in [2.75, 3.05) is 18.4 Å². The second-order valence-corrected chi connectivity index (χ2v) is 7.09. The highest BCUT2D eigenvalue weighted by molar-refractivity contribution is 6.06. The summed E-state index contributed by atoms with van der Waals surface area (Å²) in [6.07, 6.45) is 5.00. The van der Waals surface area contributed by atoms with Crippen LogP contribution in [0.5, 0.6) is 0 Å². The summed E-state index contributed by atoms with van der Waals surface area (Å²) in [5, 5.41) is 5.12. The number of hydrogen-bond acceptors (Lipinski definition) is 4. The Morgan fingerprint density at radius 2 is 2.19 bits per heavy atom. The first-order valence-electron chi connectivity index (χ1n) is 9.10. The van der Waals surface area contributed by atoms with Gasteiger partial charge >= 0.3 is 6.03 Å². The maximum absolute atomic E-state index is 12.1. The highest BCUT2D eigenvalue weighted by atomic mass is 16.5. The molecular weight excluding hydrogens is 334 g/mol. The molecule has 2 fully saturated rings. The van der Waals surface area contributed by atoms with E-state index >= 15 is 0 Å². The topological polar surface area (TPSA) is 87.7 Å². The van der Waals surface area contributed by atoms with Gasteiger partial charge in [-0.25, -0.2) is 4.79 Å². The molecule has 1 aromatic rings. The minimum absolute atomic E-state index is 0.0568. The van der Waals surface area contributed by atoms with Crippen molar-refractivity contribution in [3.63, 3.8) is 0 Å². The molecule has 1 saturated heterocycles. The molecule has 1 aliphatic heterocycles. The van der Waals surface area contributed by atoms with Crippen molar-refractivity contribution in [3.8, 4) is 0 Å². The van der Waals surface area contributed by atoms with Crippen LogP contribution in [0.25, 0.3) is 0 Å². The van der Waals surface area contributed by atoms with Crippen molar-refractivity contribution in [3.05, 3.63) is 29.8 Å². The van der Waals surface area contributed by atoms with Crippen LogP contribution >= 0.6 is 0 Å². The molecule has 3 rings (SSSR count). The van der Waals surface area contributed by atoms with Crippen molar-refractivity contribution in [2.45, 2.75) is 45.3 Å². The molecule has 2 aliphatic rings. The van der Waals surface area contributed by atoms with E-state index in [4.69, 9.17) is 4.74 Å². The number of hydrogen-bond donors (Lipinski definition) is 2. The Morgan fingerprint density at radius 3 is 2.92 bits per heavy atom. The van der Waals surface area contributed by atoms with Gasteiger partial charge in [-0.05, 0) is 36.5 Å². The molecule has 2 atom stereocenters. The van der Waals surface area contributed by atoms with Gasteiger partial charge in [0.2, 0.25) is 5.91 Å². The lowest BCUT2D eigenvalue weighted by atomic mass is 9.89. The van der Waals surface area contributed by atoms with E-state index in [0.717, 1.165) is 23.3 Å². The third kappa shape index (κ3) is 4.82. The number of imide groups is 1. The summed E-state index contributed by atoms with van der Waals surface area (Å²) in [7, 11) is 0. The maximum atomic E-state index is 12.1. The van der Waals surface area contributed by atoms with E-state index in [9.17, 15) is 14.4 Å². The summed E-state index contributed by atoms with van der Waals surface area (Å²) >= 11 is 0. The number of carbonyl (C=O) groups excluding carboxylic acids is 3. The quantitative estimate of drug-likeness (QED) is 0.763. The molecule has 26 heavy (non-hydrogen) atoms. The van der Waals surface area contributed by atoms with Gasteiger partial charge in [-0.3, -0.25) is 14.5 Å². The number of urea groups is 1. The molecule has 0 unspecified atom stereocenters. The van der Waals surface area contributed by atoms with E-state index in [1.54, 1.807) is 6.07 Å². The van der Waals surface area contributed by atoms with Gasteiger partial charge in [0.1, 0.15) is 6.54 Å². The summed E-state index contributed by atoms with van der Waals surface area (Å²) < 4.78 is 6.02. The SMILES string of the molecule is C[C@@H]1CCC[C@@H](OCc2cccc(NC(=O)CN3C(=O)CNC3=O)c2)C1. The van der Waals surface area contributed by atoms with Crippen LogP contribution in [0.2, 0.25) is 0 Å². The van der Waals surface area contributed by atoms with Crippen LogP contribution in [-0.4, -0.2) is 41.9 Å². The molecular formula is C19H25N3O4. The molecule has 1 aliphatic carbocycles. The molecule has 1 aromatic carbocycles. The van der Waals surface area contributed by atoms with E-state index in [2.05, 4.69) is 17.6 Å². The van der Waals surface area contributed by atoms with Crippen molar-refractivity contribution in [1.29, 1.82) is 0 Å². The molecule has 140 valence electrons. The Bertz CT molecular complexity index is 675. The zero-order valence-corrected chi connectivity index (χ0v) is 15.0. The van der Waals surface area contributed by atoms with Crippen LogP contribution in [0.15, 0.2) is 24.3 Å². The number of anilines is 1. The average molecular weight is 359 g/mol. The molecule has 0 radical (unpaired) electrons. The third-order valence-electron chi connectivity index (χ3n) is 4.82. The number of benzene rings is 1. The Balaban J connectivity index is 1.51. The van der Waals surface area contributed by atoms with Crippen LogP contribution < -0.4 is 10.6 Å². The number of nitrogens with one attached hydrogen (secondary N) is 2. The Hall–Kier alpha value is -2.41. The summed E-state index contributed by atoms with van der Waals surface area (Å²) in [6, 6.07) is 6.91. The van der Waals surface area contributed by atoms with Crippen LogP contribution in [0, 0.1) is 5.92 Å². The van der Waals surface area contributed by atoms with Crippen molar-refractivity contribution >= 4 is 23.5 Å². The highest BCUT2D eigenvalue weighted by Crippen LogP contribution is 2.26. The number of ether oxygens (including phenoxy) is 1. The summed E-state index contributed by atoms with van der Waals surface area (Å²) in [5.74, 6) is -0.0894. The number of rotatable bonds is 6. The zero-order valence-electron chi connectivity index (χ0n) is 15.0. The normalized spacial score (nSPS) is 23.0. The molecule has 2 N–H and O–H groups in total. The number of nitrogens with zero attached hydrogens (tertiary/aromatic N) is 1. The summed E-state index contributed by atoms with van der Waals surface area (Å²) in [6.45, 7) is 2.43. The van der Waals surface area contributed by atoms with Crippen molar-refractivity contribution in [2.24, 2.45) is 5.92 Å². The maximum Gasteiger partial charge on any atom is 0.325 e. The minimum atomic E-state index is -0.533. The monoisotopic (exact) mass is 359 g/mol. The number of carbonyl (C=O) groups is 3. The fourth-order valence-electron chi connectivity index (χ4n) is 3.44. The Kier molecular flexibility index (Phi) is 5.88. The second-order valence-electron chi connectivity index (χ2n) is 7.09. The predicted molar refractivity (Wildman–Crippen MR) is 96.4 cm³/mol. The van der Waals surface area contributed by atoms with Crippen molar-refractivity contribution < 1.29 is 19.1 Å². The lowest BCUT2D eigenvalue weighted by Crippen LogP contribution is -2.38. The summed E-state index contributed by atoms with van der Waals surface area (Å²) in [5.41, 5.74) is 1.61. The molecule has 0 spiro atoms. The van der Waals surface area contributed by atoms with Gasteiger partial charge in [0.25, 0.3) is 5.91 Å². The van der Waals surface area contributed by atoms with Gasteiger partial charge in [0.15, 0.2) is 0 Å². The van der Waals surface area contributed by atoms with Gasteiger partial charge in [0, 0.05) is 5.69 Å². The minimum Gasteiger partial charge on any atom is -0.374 e. The first kappa shape index (κ1) is 18.4. The van der Waals surface area contributed by atoms with Gasteiger partial charge in [0.05, 0.1) is 19.3 Å². The van der Waals surface area contributed by atoms with Crippen LogP contribution in [0.1, 0.15) is 38.2 Å². The number of amides is 4. The van der Waals surface area contributed by atoms with Crippen molar-refractivity contribution in [1.82, 2.24) is 10.2 Å². The van der Waals surface area contributed by atoms with Gasteiger partial charge in [-0.15, -0.1) is 0 Å². The van der Waals surface area contributed by atoms with Gasteiger partial charge in [-0.1, -0.05) is 31.9 Å². The van der Waals surface area contributed by atoms with Gasteiger partial charge in [-0.2, -0.15) is 0 Å². The van der Waals surface area contributed by atoms with E-state index in [1.165, 1.54) is 12.8 Å². The van der Waals surface area contributed by atoms with Crippen LogP contribution in [0.3, 0.4) is 0 Å². The standard InChI is InChI=1S/C19H25N3O4/c1-13-4-2-7-16(8-13)26-12-14-5-3-6-15(9-14)21-17(23)11-22-18(24)10-20-19(22)25/h3,5-6,9,13,16H,2,4,7-8,10-12H2,1H3,(H,20,25)(H,21,23)/t13-,16-/m1/s1. The molecule has 1 heterocycles. The Morgan fingerprint density at radius 1 is 1.35 bits per heavy atom. The first-order valence-corrected chi connectivity index (χ1v) is 9.10. The fraction of sp³-hybridized carbons (Fsp3) is 0.526. The molecule has 7 nitrogen and oxygen atoms in total. The van der Waals surface area contributed by atoms with E-state index in [-0.39, 0.29) is 13.1 Å². The fourth-order valence-corrected chi connectivity index (χ4v) is 3.44. The van der Waals surface area contributed by atoms with Crippen LogP contribution in [-0.2, 0) is 20.9 Å². The Labute approximate surface area is 153 Å². The van der Waals surface area contributed by atoms with E-state index < -0.39 is 17.8 Å². The molecule has 0 bridgehead atoms. The predicted octanol–water partition coefficient (Wildman–Crippen LogP) is 2.27. The van der Waals surface area contributed by atoms with E-state index in [1.807, 2.05) is 18.2 Å². The molecule has 7 heteroatoms.